The lowest BCUT2D eigenvalue weighted by Crippen LogP contribution is -2.29. The molecule has 2 rings (SSSR count). The minimum atomic E-state index is -0.986. The summed E-state index contributed by atoms with van der Waals surface area (Å²) in [4.78, 5) is 24.3. The van der Waals surface area contributed by atoms with Crippen LogP contribution >= 0.6 is 11.6 Å². The molecule has 4 nitrogen and oxygen atoms in total. The molecule has 1 saturated carbocycles. The quantitative estimate of drug-likeness (QED) is 0.784. The van der Waals surface area contributed by atoms with Crippen LogP contribution in [0, 0.1) is 5.92 Å². The monoisotopic (exact) mass is 296 g/mol. The van der Waals surface area contributed by atoms with Crippen LogP contribution in [0.25, 0.3) is 0 Å². The van der Waals surface area contributed by atoms with Gasteiger partial charge in [-0.05, 0) is 31.9 Å². The van der Waals surface area contributed by atoms with Crippen molar-refractivity contribution >= 4 is 23.5 Å². The Labute approximate surface area is 123 Å². The molecule has 1 aromatic rings. The number of carbonyl (C=O) groups is 2. The van der Waals surface area contributed by atoms with Crippen LogP contribution in [-0.2, 0) is 24.5 Å². The van der Waals surface area contributed by atoms with E-state index in [1.54, 1.807) is 38.1 Å². The maximum atomic E-state index is 12.3. The standard InChI is InChI=1S/C15H17ClO4/c1-3-19-13(17)11-9-15(11,14(18)20-4-2)10-7-5-6-8-12(10)16/h5-8,11H,3-4,9H2,1-2H3/t11-,15+/m0/s1. The number of ether oxygens (including phenoxy) is 2. The lowest BCUT2D eigenvalue weighted by molar-refractivity contribution is -0.152. The Hall–Kier alpha value is -1.55. The van der Waals surface area contributed by atoms with Crippen LogP contribution in [0.5, 0.6) is 0 Å². The number of hydrogen-bond donors (Lipinski definition) is 0. The summed E-state index contributed by atoms with van der Waals surface area (Å²) in [5.74, 6) is -1.30. The van der Waals surface area contributed by atoms with Gasteiger partial charge in [-0.3, -0.25) is 9.59 Å². The molecule has 0 unspecified atom stereocenters. The average Bonchev–Trinajstić information content (AvgIpc) is 3.16. The van der Waals surface area contributed by atoms with Crippen molar-refractivity contribution in [2.24, 2.45) is 5.92 Å². The van der Waals surface area contributed by atoms with Gasteiger partial charge in [0.15, 0.2) is 0 Å². The minimum Gasteiger partial charge on any atom is -0.466 e. The van der Waals surface area contributed by atoms with E-state index in [-0.39, 0.29) is 19.2 Å². The molecule has 20 heavy (non-hydrogen) atoms. The molecule has 0 saturated heterocycles. The topological polar surface area (TPSA) is 52.6 Å². The molecular weight excluding hydrogens is 280 g/mol. The zero-order chi connectivity index (χ0) is 14.8. The van der Waals surface area contributed by atoms with E-state index < -0.39 is 17.3 Å². The van der Waals surface area contributed by atoms with Gasteiger partial charge in [0.25, 0.3) is 0 Å². The Bertz CT molecular complexity index is 528. The molecule has 0 bridgehead atoms. The fraction of sp³-hybridized carbons (Fsp3) is 0.467. The van der Waals surface area contributed by atoms with Crippen LogP contribution in [0.3, 0.4) is 0 Å². The minimum absolute atomic E-state index is 0.264. The molecule has 0 radical (unpaired) electrons. The van der Waals surface area contributed by atoms with E-state index in [4.69, 9.17) is 21.1 Å². The van der Waals surface area contributed by atoms with Crippen LogP contribution in [0.15, 0.2) is 24.3 Å². The van der Waals surface area contributed by atoms with E-state index in [0.29, 0.717) is 17.0 Å². The predicted octanol–water partition coefficient (Wildman–Crippen LogP) is 2.72. The third kappa shape index (κ3) is 2.40. The summed E-state index contributed by atoms with van der Waals surface area (Å²) in [6, 6.07) is 7.05. The maximum absolute atomic E-state index is 12.3. The fourth-order valence-corrected chi connectivity index (χ4v) is 2.81. The SMILES string of the molecule is CCOC(=O)[C@@H]1C[C@@]1(C(=O)OCC)c1ccccc1Cl. The van der Waals surface area contributed by atoms with Gasteiger partial charge in [0.1, 0.15) is 5.41 Å². The van der Waals surface area contributed by atoms with Gasteiger partial charge in [-0.25, -0.2) is 0 Å². The van der Waals surface area contributed by atoms with Gasteiger partial charge in [-0.2, -0.15) is 0 Å². The number of esters is 2. The van der Waals surface area contributed by atoms with Crippen molar-refractivity contribution < 1.29 is 19.1 Å². The number of hydrogen-bond acceptors (Lipinski definition) is 4. The molecule has 0 heterocycles. The zero-order valence-electron chi connectivity index (χ0n) is 11.5. The highest BCUT2D eigenvalue weighted by Gasteiger charge is 2.67. The van der Waals surface area contributed by atoms with Crippen molar-refractivity contribution in [3.63, 3.8) is 0 Å². The highest BCUT2D eigenvalue weighted by Crippen LogP contribution is 2.57. The van der Waals surface area contributed by atoms with Crippen LogP contribution in [0.2, 0.25) is 5.02 Å². The molecule has 108 valence electrons. The third-order valence-corrected chi connectivity index (χ3v) is 3.86. The molecule has 1 aliphatic rings. The smallest absolute Gasteiger partial charge is 0.317 e. The molecule has 0 N–H and O–H groups in total. The lowest BCUT2D eigenvalue weighted by atomic mass is 9.93. The maximum Gasteiger partial charge on any atom is 0.317 e. The van der Waals surface area contributed by atoms with Crippen LogP contribution in [0.4, 0.5) is 0 Å². The summed E-state index contributed by atoms with van der Waals surface area (Å²) in [6.07, 6.45) is 0.383. The van der Waals surface area contributed by atoms with Crippen molar-refractivity contribution in [2.45, 2.75) is 25.7 Å². The third-order valence-electron chi connectivity index (χ3n) is 3.53. The van der Waals surface area contributed by atoms with Crippen LogP contribution in [0.1, 0.15) is 25.8 Å². The Kier molecular flexibility index (Phi) is 4.33. The summed E-state index contributed by atoms with van der Waals surface area (Å²) < 4.78 is 10.2. The number of rotatable bonds is 5. The predicted molar refractivity (Wildman–Crippen MR) is 74.5 cm³/mol. The first-order chi connectivity index (χ1) is 9.57. The Morgan fingerprint density at radius 1 is 1.25 bits per heavy atom. The molecule has 1 aromatic carbocycles. The molecule has 1 aliphatic carbocycles. The Morgan fingerprint density at radius 3 is 2.50 bits per heavy atom. The molecule has 5 heteroatoms. The van der Waals surface area contributed by atoms with E-state index in [1.165, 1.54) is 0 Å². The fourth-order valence-electron chi connectivity index (χ4n) is 2.51. The average molecular weight is 297 g/mol. The van der Waals surface area contributed by atoms with Crippen LogP contribution < -0.4 is 0 Å². The van der Waals surface area contributed by atoms with E-state index in [0.717, 1.165) is 0 Å². The molecule has 0 spiro atoms. The number of carbonyl (C=O) groups excluding carboxylic acids is 2. The first-order valence-electron chi connectivity index (χ1n) is 6.66. The van der Waals surface area contributed by atoms with Crippen molar-refractivity contribution in [1.82, 2.24) is 0 Å². The highest BCUT2D eigenvalue weighted by molar-refractivity contribution is 6.32. The van der Waals surface area contributed by atoms with Crippen molar-refractivity contribution in [2.75, 3.05) is 13.2 Å². The van der Waals surface area contributed by atoms with E-state index >= 15 is 0 Å². The largest absolute Gasteiger partial charge is 0.466 e. The normalized spacial score (nSPS) is 24.1. The van der Waals surface area contributed by atoms with Gasteiger partial charge >= 0.3 is 11.9 Å². The van der Waals surface area contributed by atoms with E-state index in [9.17, 15) is 9.59 Å². The van der Waals surface area contributed by atoms with Gasteiger partial charge in [0.05, 0.1) is 19.1 Å². The lowest BCUT2D eigenvalue weighted by Gasteiger charge is -2.17. The first-order valence-corrected chi connectivity index (χ1v) is 7.04. The summed E-state index contributed by atoms with van der Waals surface area (Å²) in [5.41, 5.74) is -0.348. The number of benzene rings is 1. The van der Waals surface area contributed by atoms with Crippen molar-refractivity contribution in [3.05, 3.63) is 34.9 Å². The second-order valence-corrected chi connectivity index (χ2v) is 5.09. The van der Waals surface area contributed by atoms with Gasteiger partial charge in [-0.15, -0.1) is 0 Å². The summed E-state index contributed by atoms with van der Waals surface area (Å²) in [6.45, 7) is 4.03. The van der Waals surface area contributed by atoms with Crippen molar-refractivity contribution in [1.29, 1.82) is 0 Å². The Morgan fingerprint density at radius 2 is 1.90 bits per heavy atom. The Balaban J connectivity index is 2.36. The highest BCUT2D eigenvalue weighted by atomic mass is 35.5. The number of halogens is 1. The first kappa shape index (κ1) is 14.9. The van der Waals surface area contributed by atoms with Gasteiger partial charge < -0.3 is 9.47 Å². The van der Waals surface area contributed by atoms with E-state index in [2.05, 4.69) is 0 Å². The summed E-state index contributed by atoms with van der Waals surface area (Å²) >= 11 is 6.18. The molecule has 1 fully saturated rings. The molecule has 0 amide bonds. The van der Waals surface area contributed by atoms with Gasteiger partial charge in [-0.1, -0.05) is 29.8 Å². The van der Waals surface area contributed by atoms with Crippen LogP contribution in [-0.4, -0.2) is 25.2 Å². The zero-order valence-corrected chi connectivity index (χ0v) is 12.3. The van der Waals surface area contributed by atoms with Gasteiger partial charge in [0, 0.05) is 5.02 Å². The molecule has 2 atom stereocenters. The molecule has 0 aromatic heterocycles. The second kappa shape index (κ2) is 5.83. The molecule has 0 aliphatic heterocycles. The summed E-state index contributed by atoms with van der Waals surface area (Å²) in [5, 5.41) is 0.465. The van der Waals surface area contributed by atoms with E-state index in [1.807, 2.05) is 0 Å². The summed E-state index contributed by atoms with van der Waals surface area (Å²) in [7, 11) is 0. The van der Waals surface area contributed by atoms with Gasteiger partial charge in [0.2, 0.25) is 0 Å². The second-order valence-electron chi connectivity index (χ2n) is 4.68. The molecular formula is C15H17ClO4. The van der Waals surface area contributed by atoms with Crippen molar-refractivity contribution in [3.8, 4) is 0 Å².